The van der Waals surface area contributed by atoms with Crippen molar-refractivity contribution in [3.63, 3.8) is 0 Å². The first-order chi connectivity index (χ1) is 15.4. The van der Waals surface area contributed by atoms with E-state index >= 15 is 0 Å². The zero-order valence-electron chi connectivity index (χ0n) is 17.4. The van der Waals surface area contributed by atoms with Crippen molar-refractivity contribution in [3.8, 4) is 0 Å². The van der Waals surface area contributed by atoms with Crippen LogP contribution in [-0.4, -0.2) is 57.0 Å². The molecule has 1 aromatic rings. The number of halogens is 3. The van der Waals surface area contributed by atoms with E-state index in [1.807, 2.05) is 0 Å². The third kappa shape index (κ3) is 6.78. The first kappa shape index (κ1) is 25.8. The summed E-state index contributed by atoms with van der Waals surface area (Å²) < 4.78 is 40.2. The summed E-state index contributed by atoms with van der Waals surface area (Å²) >= 11 is 0. The second-order valence-corrected chi connectivity index (χ2v) is 7.93. The zero-order valence-corrected chi connectivity index (χ0v) is 17.4. The van der Waals surface area contributed by atoms with E-state index in [1.165, 1.54) is 0 Å². The van der Waals surface area contributed by atoms with Gasteiger partial charge in [0.15, 0.2) is 11.6 Å². The molecule has 0 saturated carbocycles. The molecule has 2 aliphatic heterocycles. The molecule has 2 aliphatic rings. The van der Waals surface area contributed by atoms with Crippen LogP contribution < -0.4 is 11.5 Å². The summed E-state index contributed by atoms with van der Waals surface area (Å²) in [5, 5.41) is 15.6. The number of carboxylic acid groups (broad SMARTS) is 2. The van der Waals surface area contributed by atoms with Crippen LogP contribution in [0.5, 0.6) is 0 Å². The third-order valence-corrected chi connectivity index (χ3v) is 5.73. The summed E-state index contributed by atoms with van der Waals surface area (Å²) in [4.78, 5) is 43.8. The van der Waals surface area contributed by atoms with Crippen LogP contribution in [0.25, 0.3) is 0 Å². The predicted octanol–water partition coefficient (Wildman–Crippen LogP) is 0.940. The highest BCUT2D eigenvalue weighted by Gasteiger charge is 2.45. The Balaban J connectivity index is 0.000000414. The lowest BCUT2D eigenvalue weighted by Crippen LogP contribution is -2.53. The van der Waals surface area contributed by atoms with Crippen molar-refractivity contribution in [2.24, 2.45) is 17.4 Å². The SMILES string of the molecule is NC(=O)C(=O)N1C2CCC1CC([C@H](N)Cc1cc(F)c(F)cc1F)C2.O=C(O)/C=C\C(=O)O. The van der Waals surface area contributed by atoms with E-state index in [4.69, 9.17) is 21.7 Å². The van der Waals surface area contributed by atoms with Crippen molar-refractivity contribution >= 4 is 23.8 Å². The summed E-state index contributed by atoms with van der Waals surface area (Å²) in [6, 6.07) is 0.697. The molecule has 0 aliphatic carbocycles. The summed E-state index contributed by atoms with van der Waals surface area (Å²) in [6.07, 6.45) is 3.91. The number of benzene rings is 1. The second-order valence-electron chi connectivity index (χ2n) is 7.93. The molecule has 180 valence electrons. The molecule has 2 heterocycles. The van der Waals surface area contributed by atoms with Crippen LogP contribution in [0.1, 0.15) is 31.2 Å². The molecule has 2 unspecified atom stereocenters. The van der Waals surface area contributed by atoms with Gasteiger partial charge < -0.3 is 26.6 Å². The maximum absolute atomic E-state index is 13.8. The van der Waals surface area contributed by atoms with Gasteiger partial charge in [0.1, 0.15) is 5.82 Å². The number of amides is 2. The van der Waals surface area contributed by atoms with Crippen molar-refractivity contribution < 1.29 is 42.6 Å². The normalized spacial score (nSPS) is 22.4. The summed E-state index contributed by atoms with van der Waals surface area (Å²) in [5.74, 6) is -7.31. The quantitative estimate of drug-likeness (QED) is 0.282. The third-order valence-electron chi connectivity index (χ3n) is 5.73. The van der Waals surface area contributed by atoms with Gasteiger partial charge in [0, 0.05) is 36.3 Å². The molecule has 2 bridgehead atoms. The molecule has 3 rings (SSSR count). The minimum absolute atomic E-state index is 0.00180. The van der Waals surface area contributed by atoms with Gasteiger partial charge in [-0.25, -0.2) is 22.8 Å². The first-order valence-corrected chi connectivity index (χ1v) is 10.1. The van der Waals surface area contributed by atoms with E-state index in [0.717, 1.165) is 18.9 Å². The van der Waals surface area contributed by atoms with Crippen molar-refractivity contribution in [1.29, 1.82) is 0 Å². The van der Waals surface area contributed by atoms with Crippen LogP contribution in [0.15, 0.2) is 24.3 Å². The van der Waals surface area contributed by atoms with Gasteiger partial charge in [0.2, 0.25) is 0 Å². The highest BCUT2D eigenvalue weighted by molar-refractivity contribution is 6.34. The van der Waals surface area contributed by atoms with Crippen molar-refractivity contribution in [2.75, 3.05) is 0 Å². The molecule has 0 aromatic heterocycles. The fraction of sp³-hybridized carbons (Fsp3) is 0.429. The maximum Gasteiger partial charge on any atom is 0.328 e. The average Bonchev–Trinajstić information content (AvgIpc) is 2.99. The van der Waals surface area contributed by atoms with Crippen molar-refractivity contribution in [2.45, 2.75) is 50.2 Å². The predicted molar refractivity (Wildman–Crippen MR) is 108 cm³/mol. The summed E-state index contributed by atoms with van der Waals surface area (Å²) in [7, 11) is 0. The molecular formula is C21H24F3N3O6. The Morgan fingerprint density at radius 3 is 1.91 bits per heavy atom. The number of carbonyl (C=O) groups excluding carboxylic acids is 2. The van der Waals surface area contributed by atoms with E-state index in [1.54, 1.807) is 4.90 Å². The smallest absolute Gasteiger partial charge is 0.328 e. The molecule has 2 fully saturated rings. The molecule has 2 amide bonds. The lowest BCUT2D eigenvalue weighted by atomic mass is 9.82. The molecule has 6 N–H and O–H groups in total. The molecule has 12 heteroatoms. The summed E-state index contributed by atoms with van der Waals surface area (Å²) in [6.45, 7) is 0. The number of primary amides is 1. The Morgan fingerprint density at radius 2 is 1.45 bits per heavy atom. The van der Waals surface area contributed by atoms with E-state index in [0.29, 0.717) is 31.1 Å². The number of aliphatic carboxylic acids is 2. The molecule has 2 saturated heterocycles. The number of hydrogen-bond acceptors (Lipinski definition) is 5. The van der Waals surface area contributed by atoms with Crippen LogP contribution in [-0.2, 0) is 25.6 Å². The van der Waals surface area contributed by atoms with Crippen LogP contribution in [0.3, 0.4) is 0 Å². The zero-order chi connectivity index (χ0) is 24.9. The van der Waals surface area contributed by atoms with Crippen molar-refractivity contribution in [3.05, 3.63) is 47.3 Å². The standard InChI is InChI=1S/C17H20F3N3O2.C4H4O4/c18-12-7-14(20)13(19)5-8(12)6-15(21)9-3-10-1-2-11(4-9)23(10)17(25)16(22)24;5-3(6)1-2-4(7)8/h5,7,9-11,15H,1-4,6,21H2,(H2,22,24);1-2H,(H,5,6)(H,7,8)/b;2-1-/t9?,10?,11?,15-;/m1./s1. The Hall–Kier alpha value is -3.41. The molecule has 33 heavy (non-hydrogen) atoms. The lowest BCUT2D eigenvalue weighted by molar-refractivity contribution is -0.147. The van der Waals surface area contributed by atoms with Gasteiger partial charge in [0.05, 0.1) is 0 Å². The van der Waals surface area contributed by atoms with E-state index < -0.39 is 47.2 Å². The van der Waals surface area contributed by atoms with Gasteiger partial charge in [-0.15, -0.1) is 0 Å². The molecular weight excluding hydrogens is 447 g/mol. The van der Waals surface area contributed by atoms with Crippen LogP contribution in [0.2, 0.25) is 0 Å². The van der Waals surface area contributed by atoms with Gasteiger partial charge in [-0.1, -0.05) is 0 Å². The maximum atomic E-state index is 13.8. The largest absolute Gasteiger partial charge is 0.478 e. The number of fused-ring (bicyclic) bond motifs is 2. The van der Waals surface area contributed by atoms with Gasteiger partial charge in [-0.2, -0.15) is 0 Å². The number of nitrogens with zero attached hydrogens (tertiary/aromatic N) is 1. The Bertz CT molecular complexity index is 941. The minimum Gasteiger partial charge on any atom is -0.478 e. The Kier molecular flexibility index (Phi) is 8.57. The highest BCUT2D eigenvalue weighted by Crippen LogP contribution is 2.40. The van der Waals surface area contributed by atoms with E-state index in [2.05, 4.69) is 0 Å². The number of hydrogen-bond donors (Lipinski definition) is 4. The second kappa shape index (κ2) is 10.9. The van der Waals surface area contributed by atoms with Crippen molar-refractivity contribution in [1.82, 2.24) is 4.90 Å². The molecule has 0 radical (unpaired) electrons. The van der Waals surface area contributed by atoms with Crippen LogP contribution >= 0.6 is 0 Å². The first-order valence-electron chi connectivity index (χ1n) is 10.1. The number of carbonyl (C=O) groups is 4. The fourth-order valence-electron chi connectivity index (χ4n) is 4.31. The molecule has 1 aromatic carbocycles. The van der Waals surface area contributed by atoms with Gasteiger partial charge in [0.25, 0.3) is 0 Å². The number of rotatable bonds is 5. The van der Waals surface area contributed by atoms with Gasteiger partial charge in [-0.05, 0) is 49.7 Å². The monoisotopic (exact) mass is 471 g/mol. The van der Waals surface area contributed by atoms with E-state index in [9.17, 15) is 32.3 Å². The average molecular weight is 471 g/mol. The molecule has 3 atom stereocenters. The number of piperidine rings is 1. The van der Waals surface area contributed by atoms with Crippen LogP contribution in [0, 0.1) is 23.4 Å². The number of nitrogens with two attached hydrogens (primary N) is 2. The van der Waals surface area contributed by atoms with Crippen LogP contribution in [0.4, 0.5) is 13.2 Å². The number of carboxylic acids is 2. The van der Waals surface area contributed by atoms with E-state index in [-0.39, 0.29) is 30.0 Å². The molecule has 9 nitrogen and oxygen atoms in total. The Morgan fingerprint density at radius 1 is 0.970 bits per heavy atom. The van der Waals surface area contributed by atoms with Gasteiger partial charge in [-0.3, -0.25) is 9.59 Å². The molecule has 0 spiro atoms. The fourth-order valence-corrected chi connectivity index (χ4v) is 4.31. The van der Waals surface area contributed by atoms with Gasteiger partial charge >= 0.3 is 23.8 Å². The lowest BCUT2D eigenvalue weighted by Gasteiger charge is -2.40. The Labute approximate surface area is 186 Å². The topological polar surface area (TPSA) is 164 Å². The summed E-state index contributed by atoms with van der Waals surface area (Å²) in [5.41, 5.74) is 11.3. The minimum atomic E-state index is -1.26. The highest BCUT2D eigenvalue weighted by atomic mass is 19.2.